The highest BCUT2D eigenvalue weighted by molar-refractivity contribution is 7.99. The standard InChI is InChI=1S/C10H19N3O3S2/c1-3-17-6-4-5-11-18(15,16)10-9(7-14)8(2)12-13-10/h11,14H,3-7H2,1-2H3,(H,12,13). The average Bonchev–Trinajstić information content (AvgIpc) is 2.70. The van der Waals surface area contributed by atoms with Crippen LogP contribution in [0.5, 0.6) is 0 Å². The number of nitrogens with one attached hydrogen (secondary N) is 2. The Kier molecular flexibility index (Phi) is 6.13. The van der Waals surface area contributed by atoms with E-state index < -0.39 is 10.0 Å². The van der Waals surface area contributed by atoms with Gasteiger partial charge in [-0.2, -0.15) is 16.9 Å². The highest BCUT2D eigenvalue weighted by Crippen LogP contribution is 2.15. The number of aromatic nitrogens is 2. The molecule has 1 heterocycles. The van der Waals surface area contributed by atoms with Crippen molar-refractivity contribution in [2.75, 3.05) is 18.1 Å². The molecule has 0 saturated carbocycles. The summed E-state index contributed by atoms with van der Waals surface area (Å²) in [6, 6.07) is 0. The van der Waals surface area contributed by atoms with Crippen LogP contribution in [0.15, 0.2) is 5.03 Å². The summed E-state index contributed by atoms with van der Waals surface area (Å²) in [6.45, 7) is 3.78. The molecule has 0 aromatic carbocycles. The average molecular weight is 293 g/mol. The molecule has 0 atom stereocenters. The molecule has 0 saturated heterocycles. The predicted molar refractivity (Wildman–Crippen MR) is 72.1 cm³/mol. The van der Waals surface area contributed by atoms with E-state index >= 15 is 0 Å². The van der Waals surface area contributed by atoms with Gasteiger partial charge in [0.2, 0.25) is 0 Å². The molecule has 0 spiro atoms. The lowest BCUT2D eigenvalue weighted by atomic mass is 10.3. The molecule has 0 fully saturated rings. The molecule has 6 nitrogen and oxygen atoms in total. The van der Waals surface area contributed by atoms with E-state index in [0.29, 0.717) is 17.8 Å². The maximum absolute atomic E-state index is 11.9. The third-order valence-corrected chi connectivity index (χ3v) is 4.83. The fraction of sp³-hybridized carbons (Fsp3) is 0.700. The lowest BCUT2D eigenvalue weighted by Crippen LogP contribution is -2.26. The summed E-state index contributed by atoms with van der Waals surface area (Å²) < 4.78 is 26.4. The molecular weight excluding hydrogens is 274 g/mol. The van der Waals surface area contributed by atoms with Gasteiger partial charge in [-0.3, -0.25) is 5.10 Å². The molecule has 0 radical (unpaired) electrons. The molecule has 1 aromatic heterocycles. The normalized spacial score (nSPS) is 11.9. The molecule has 104 valence electrons. The topological polar surface area (TPSA) is 95.1 Å². The summed E-state index contributed by atoms with van der Waals surface area (Å²) in [5.41, 5.74) is 0.893. The second kappa shape index (κ2) is 7.13. The Bertz CT molecular complexity index is 471. The Morgan fingerprint density at radius 2 is 2.22 bits per heavy atom. The van der Waals surface area contributed by atoms with Crippen LogP contribution in [0.4, 0.5) is 0 Å². The Morgan fingerprint density at radius 1 is 1.50 bits per heavy atom. The van der Waals surface area contributed by atoms with E-state index in [-0.39, 0.29) is 11.6 Å². The van der Waals surface area contributed by atoms with Gasteiger partial charge < -0.3 is 5.11 Å². The zero-order valence-electron chi connectivity index (χ0n) is 10.6. The summed E-state index contributed by atoms with van der Waals surface area (Å²) in [4.78, 5) is 0. The van der Waals surface area contributed by atoms with Gasteiger partial charge in [-0.05, 0) is 24.9 Å². The van der Waals surface area contributed by atoms with E-state index in [0.717, 1.165) is 17.9 Å². The molecule has 0 aliphatic heterocycles. The minimum Gasteiger partial charge on any atom is -0.392 e. The van der Waals surface area contributed by atoms with Gasteiger partial charge in [-0.15, -0.1) is 0 Å². The minimum absolute atomic E-state index is 0.106. The van der Waals surface area contributed by atoms with E-state index in [2.05, 4.69) is 21.8 Å². The van der Waals surface area contributed by atoms with Crippen LogP contribution in [-0.4, -0.2) is 41.8 Å². The Hall–Kier alpha value is -0.570. The first kappa shape index (κ1) is 15.5. The van der Waals surface area contributed by atoms with Gasteiger partial charge in [0.1, 0.15) is 0 Å². The zero-order valence-corrected chi connectivity index (χ0v) is 12.2. The number of aliphatic hydroxyl groups excluding tert-OH is 1. The van der Waals surface area contributed by atoms with Gasteiger partial charge in [0.25, 0.3) is 10.0 Å². The highest BCUT2D eigenvalue weighted by atomic mass is 32.2. The zero-order chi connectivity index (χ0) is 13.6. The van der Waals surface area contributed by atoms with Gasteiger partial charge >= 0.3 is 0 Å². The van der Waals surface area contributed by atoms with Crippen LogP contribution < -0.4 is 4.72 Å². The molecule has 0 amide bonds. The van der Waals surface area contributed by atoms with Crippen molar-refractivity contribution in [3.63, 3.8) is 0 Å². The number of hydrogen-bond acceptors (Lipinski definition) is 5. The predicted octanol–water partition coefficient (Wildman–Crippen LogP) is 0.632. The number of aliphatic hydroxyl groups is 1. The number of aryl methyl sites for hydroxylation is 1. The quantitative estimate of drug-likeness (QED) is 0.611. The fourth-order valence-corrected chi connectivity index (χ4v) is 3.33. The van der Waals surface area contributed by atoms with Crippen molar-refractivity contribution in [1.29, 1.82) is 0 Å². The lowest BCUT2D eigenvalue weighted by Gasteiger charge is -2.05. The number of nitrogens with zero attached hydrogens (tertiary/aromatic N) is 1. The summed E-state index contributed by atoms with van der Waals surface area (Å²) >= 11 is 1.77. The number of aromatic amines is 1. The van der Waals surface area contributed by atoms with E-state index in [1.165, 1.54) is 0 Å². The van der Waals surface area contributed by atoms with Crippen molar-refractivity contribution < 1.29 is 13.5 Å². The summed E-state index contributed by atoms with van der Waals surface area (Å²) in [7, 11) is -3.63. The maximum atomic E-state index is 11.9. The second-order valence-corrected chi connectivity index (χ2v) is 6.81. The van der Waals surface area contributed by atoms with Gasteiger partial charge in [0.15, 0.2) is 5.03 Å². The first-order valence-electron chi connectivity index (χ1n) is 5.75. The summed E-state index contributed by atoms with van der Waals surface area (Å²) in [5.74, 6) is 1.95. The van der Waals surface area contributed by atoms with E-state index in [1.54, 1.807) is 18.7 Å². The van der Waals surface area contributed by atoms with Crippen molar-refractivity contribution in [2.45, 2.75) is 31.9 Å². The van der Waals surface area contributed by atoms with Crippen LogP contribution in [0, 0.1) is 6.92 Å². The van der Waals surface area contributed by atoms with Crippen LogP contribution in [0.1, 0.15) is 24.6 Å². The highest BCUT2D eigenvalue weighted by Gasteiger charge is 2.22. The van der Waals surface area contributed by atoms with Crippen molar-refractivity contribution >= 4 is 21.8 Å². The van der Waals surface area contributed by atoms with Crippen LogP contribution in [0.25, 0.3) is 0 Å². The Morgan fingerprint density at radius 3 is 2.83 bits per heavy atom. The van der Waals surface area contributed by atoms with E-state index in [4.69, 9.17) is 5.11 Å². The second-order valence-electron chi connectivity index (χ2n) is 3.74. The van der Waals surface area contributed by atoms with Crippen molar-refractivity contribution in [1.82, 2.24) is 14.9 Å². The number of sulfonamides is 1. The molecule has 8 heteroatoms. The first-order valence-corrected chi connectivity index (χ1v) is 8.38. The van der Waals surface area contributed by atoms with Gasteiger partial charge in [0, 0.05) is 17.8 Å². The molecular formula is C10H19N3O3S2. The van der Waals surface area contributed by atoms with Gasteiger partial charge in [-0.25, -0.2) is 13.1 Å². The fourth-order valence-electron chi connectivity index (χ4n) is 1.43. The largest absolute Gasteiger partial charge is 0.392 e. The number of hydrogen-bond donors (Lipinski definition) is 3. The molecule has 0 unspecified atom stereocenters. The van der Waals surface area contributed by atoms with Gasteiger partial charge in [-0.1, -0.05) is 6.92 Å². The third-order valence-electron chi connectivity index (χ3n) is 2.41. The molecule has 1 aromatic rings. The summed E-state index contributed by atoms with van der Waals surface area (Å²) in [6.07, 6.45) is 0.773. The molecule has 3 N–H and O–H groups in total. The van der Waals surface area contributed by atoms with Crippen molar-refractivity contribution in [3.8, 4) is 0 Å². The monoisotopic (exact) mass is 293 g/mol. The van der Waals surface area contributed by atoms with Crippen LogP contribution in [0.2, 0.25) is 0 Å². The maximum Gasteiger partial charge on any atom is 0.260 e. The minimum atomic E-state index is -3.63. The number of rotatable bonds is 8. The molecule has 1 rings (SSSR count). The SMILES string of the molecule is CCSCCCNS(=O)(=O)c1n[nH]c(C)c1CO. The molecule has 0 bridgehead atoms. The van der Waals surface area contributed by atoms with Crippen molar-refractivity contribution in [3.05, 3.63) is 11.3 Å². The first-order chi connectivity index (χ1) is 8.53. The third kappa shape index (κ3) is 3.98. The Labute approximate surface area is 112 Å². The molecule has 18 heavy (non-hydrogen) atoms. The molecule has 0 aliphatic carbocycles. The van der Waals surface area contributed by atoms with E-state index in [9.17, 15) is 8.42 Å². The Balaban J connectivity index is 2.63. The molecule has 0 aliphatic rings. The van der Waals surface area contributed by atoms with Crippen LogP contribution >= 0.6 is 11.8 Å². The lowest BCUT2D eigenvalue weighted by molar-refractivity contribution is 0.277. The van der Waals surface area contributed by atoms with Gasteiger partial charge in [0.05, 0.1) is 6.61 Å². The van der Waals surface area contributed by atoms with Crippen LogP contribution in [-0.2, 0) is 16.6 Å². The van der Waals surface area contributed by atoms with Crippen LogP contribution in [0.3, 0.4) is 0 Å². The number of thioether (sulfide) groups is 1. The number of H-pyrrole nitrogens is 1. The van der Waals surface area contributed by atoms with Crippen molar-refractivity contribution in [2.24, 2.45) is 0 Å². The smallest absolute Gasteiger partial charge is 0.260 e. The van der Waals surface area contributed by atoms with E-state index in [1.807, 2.05) is 0 Å². The summed E-state index contributed by atoms with van der Waals surface area (Å²) in [5, 5.41) is 15.3.